The van der Waals surface area contributed by atoms with Crippen LogP contribution in [-0.2, 0) is 6.61 Å². The van der Waals surface area contributed by atoms with Crippen molar-refractivity contribution in [2.45, 2.75) is 20.5 Å². The summed E-state index contributed by atoms with van der Waals surface area (Å²) in [4.78, 5) is 4.30. The number of rotatable bonds is 6. The molecule has 0 aliphatic rings. The number of pyridine rings is 1. The lowest BCUT2D eigenvalue weighted by atomic mass is 10.2. The number of nitrogens with two attached hydrogens (primary N) is 1. The van der Waals surface area contributed by atoms with Crippen LogP contribution in [-0.4, -0.2) is 11.6 Å². The molecule has 0 fully saturated rings. The highest BCUT2D eigenvalue weighted by molar-refractivity contribution is 9.10. The number of nitrogens with zero attached hydrogens (tertiary/aromatic N) is 1. The molecule has 0 bridgehead atoms. The van der Waals surface area contributed by atoms with Crippen LogP contribution in [0.5, 0.6) is 11.8 Å². The number of benzene rings is 1. The Morgan fingerprint density at radius 1 is 1.19 bits per heavy atom. The van der Waals surface area contributed by atoms with Crippen LogP contribution in [0.25, 0.3) is 0 Å². The van der Waals surface area contributed by atoms with Gasteiger partial charge in [-0.15, -0.1) is 0 Å². The van der Waals surface area contributed by atoms with E-state index >= 15 is 0 Å². The first-order valence-corrected chi connectivity index (χ1v) is 7.60. The standard InChI is InChI=1S/C16H19BrN2O2/c1-11(2)9-21-16-14(18)6-7-15(19-16)20-10-12-4-3-5-13(17)8-12/h3-8,11H,9-10,18H2,1-2H3. The zero-order chi connectivity index (χ0) is 15.2. The molecule has 2 rings (SSSR count). The summed E-state index contributed by atoms with van der Waals surface area (Å²) in [6.45, 7) is 5.17. The van der Waals surface area contributed by atoms with Crippen molar-refractivity contribution in [1.29, 1.82) is 0 Å². The Kier molecular flexibility index (Phi) is 5.44. The van der Waals surface area contributed by atoms with Gasteiger partial charge in [-0.1, -0.05) is 41.9 Å². The Labute approximate surface area is 133 Å². The molecule has 1 heterocycles. The molecule has 0 atom stereocenters. The predicted octanol–water partition coefficient (Wildman–Crippen LogP) is 4.04. The van der Waals surface area contributed by atoms with Gasteiger partial charge in [0, 0.05) is 10.5 Å². The predicted molar refractivity (Wildman–Crippen MR) is 87.5 cm³/mol. The third-order valence-electron chi connectivity index (χ3n) is 2.69. The van der Waals surface area contributed by atoms with Gasteiger partial charge in [-0.2, -0.15) is 4.98 Å². The largest absolute Gasteiger partial charge is 0.476 e. The number of ether oxygens (including phenoxy) is 2. The Morgan fingerprint density at radius 2 is 2.00 bits per heavy atom. The quantitative estimate of drug-likeness (QED) is 0.853. The van der Waals surface area contributed by atoms with E-state index in [1.54, 1.807) is 12.1 Å². The summed E-state index contributed by atoms with van der Waals surface area (Å²) in [5.41, 5.74) is 7.44. The number of anilines is 1. The van der Waals surface area contributed by atoms with E-state index in [4.69, 9.17) is 15.2 Å². The Bertz CT molecular complexity index is 603. The van der Waals surface area contributed by atoms with Crippen LogP contribution in [0.1, 0.15) is 19.4 Å². The number of hydrogen-bond acceptors (Lipinski definition) is 4. The van der Waals surface area contributed by atoms with E-state index in [-0.39, 0.29) is 0 Å². The van der Waals surface area contributed by atoms with Crippen molar-refractivity contribution in [2.75, 3.05) is 12.3 Å². The molecule has 112 valence electrons. The first-order valence-electron chi connectivity index (χ1n) is 6.81. The summed E-state index contributed by atoms with van der Waals surface area (Å²) in [6.07, 6.45) is 0. The van der Waals surface area contributed by atoms with Crippen molar-refractivity contribution in [3.63, 3.8) is 0 Å². The molecule has 0 aliphatic carbocycles. The molecule has 2 aromatic rings. The van der Waals surface area contributed by atoms with Crippen molar-refractivity contribution in [3.8, 4) is 11.8 Å². The normalized spacial score (nSPS) is 10.7. The van der Waals surface area contributed by atoms with Gasteiger partial charge in [-0.3, -0.25) is 0 Å². The van der Waals surface area contributed by atoms with Crippen molar-refractivity contribution in [3.05, 3.63) is 46.4 Å². The van der Waals surface area contributed by atoms with Gasteiger partial charge in [-0.25, -0.2) is 0 Å². The van der Waals surface area contributed by atoms with Crippen molar-refractivity contribution >= 4 is 21.6 Å². The molecular formula is C16H19BrN2O2. The van der Waals surface area contributed by atoms with Crippen LogP contribution in [0.2, 0.25) is 0 Å². The molecular weight excluding hydrogens is 332 g/mol. The van der Waals surface area contributed by atoms with Crippen LogP contribution >= 0.6 is 15.9 Å². The van der Waals surface area contributed by atoms with Gasteiger partial charge in [0.15, 0.2) is 0 Å². The molecule has 4 nitrogen and oxygen atoms in total. The molecule has 21 heavy (non-hydrogen) atoms. The minimum atomic E-state index is 0.414. The molecule has 0 spiro atoms. The maximum atomic E-state index is 5.85. The maximum Gasteiger partial charge on any atom is 0.240 e. The molecule has 0 unspecified atom stereocenters. The second kappa shape index (κ2) is 7.31. The van der Waals surface area contributed by atoms with Gasteiger partial charge in [0.2, 0.25) is 11.8 Å². The third kappa shape index (κ3) is 4.93. The minimum absolute atomic E-state index is 0.414. The Hall–Kier alpha value is -1.75. The van der Waals surface area contributed by atoms with Crippen LogP contribution in [0, 0.1) is 5.92 Å². The van der Waals surface area contributed by atoms with Crippen LogP contribution in [0.3, 0.4) is 0 Å². The first-order chi connectivity index (χ1) is 10.0. The second-order valence-electron chi connectivity index (χ2n) is 5.17. The average Bonchev–Trinajstić information content (AvgIpc) is 2.45. The second-order valence-corrected chi connectivity index (χ2v) is 6.08. The van der Waals surface area contributed by atoms with Gasteiger partial charge in [0.1, 0.15) is 6.61 Å². The Balaban J connectivity index is 2.01. The highest BCUT2D eigenvalue weighted by Crippen LogP contribution is 2.23. The van der Waals surface area contributed by atoms with Crippen molar-refractivity contribution < 1.29 is 9.47 Å². The maximum absolute atomic E-state index is 5.85. The fraction of sp³-hybridized carbons (Fsp3) is 0.312. The number of aromatic nitrogens is 1. The van der Waals surface area contributed by atoms with Crippen LogP contribution < -0.4 is 15.2 Å². The third-order valence-corrected chi connectivity index (χ3v) is 3.19. The summed E-state index contributed by atoms with van der Waals surface area (Å²) in [7, 11) is 0. The van der Waals surface area contributed by atoms with E-state index in [9.17, 15) is 0 Å². The van der Waals surface area contributed by atoms with Gasteiger partial charge in [0.25, 0.3) is 0 Å². The molecule has 0 radical (unpaired) electrons. The molecule has 0 aliphatic heterocycles. The van der Waals surface area contributed by atoms with E-state index < -0.39 is 0 Å². The topological polar surface area (TPSA) is 57.4 Å². The summed E-state index contributed by atoms with van der Waals surface area (Å²) >= 11 is 3.44. The first kappa shape index (κ1) is 15.6. The van der Waals surface area contributed by atoms with E-state index in [0.717, 1.165) is 10.0 Å². The molecule has 0 saturated carbocycles. The van der Waals surface area contributed by atoms with Gasteiger partial charge >= 0.3 is 0 Å². The van der Waals surface area contributed by atoms with E-state index in [1.807, 2.05) is 24.3 Å². The monoisotopic (exact) mass is 350 g/mol. The zero-order valence-corrected chi connectivity index (χ0v) is 13.8. The van der Waals surface area contributed by atoms with Crippen LogP contribution in [0.15, 0.2) is 40.9 Å². The number of nitrogen functional groups attached to an aromatic ring is 1. The number of hydrogen-bond donors (Lipinski definition) is 1. The number of halogens is 1. The lowest BCUT2D eigenvalue weighted by molar-refractivity contribution is 0.250. The van der Waals surface area contributed by atoms with Gasteiger partial charge in [-0.05, 0) is 29.7 Å². The molecule has 2 N–H and O–H groups in total. The van der Waals surface area contributed by atoms with E-state index in [2.05, 4.69) is 34.8 Å². The summed E-state index contributed by atoms with van der Waals surface area (Å²) in [5.74, 6) is 1.34. The minimum Gasteiger partial charge on any atom is -0.476 e. The molecule has 1 aromatic carbocycles. The SMILES string of the molecule is CC(C)COc1nc(OCc2cccc(Br)c2)ccc1N. The molecule has 0 saturated heterocycles. The van der Waals surface area contributed by atoms with E-state index in [1.165, 1.54) is 0 Å². The summed E-state index contributed by atoms with van der Waals surface area (Å²) < 4.78 is 12.3. The smallest absolute Gasteiger partial charge is 0.240 e. The van der Waals surface area contributed by atoms with Crippen LogP contribution in [0.4, 0.5) is 5.69 Å². The van der Waals surface area contributed by atoms with E-state index in [0.29, 0.717) is 36.6 Å². The van der Waals surface area contributed by atoms with Crippen molar-refractivity contribution in [1.82, 2.24) is 4.98 Å². The fourth-order valence-electron chi connectivity index (χ4n) is 1.66. The molecule has 5 heteroatoms. The average molecular weight is 351 g/mol. The van der Waals surface area contributed by atoms with Gasteiger partial charge in [0.05, 0.1) is 12.3 Å². The summed E-state index contributed by atoms with van der Waals surface area (Å²) in [6, 6.07) is 11.4. The lowest BCUT2D eigenvalue weighted by Crippen LogP contribution is -2.08. The summed E-state index contributed by atoms with van der Waals surface area (Å²) in [5, 5.41) is 0. The zero-order valence-electron chi connectivity index (χ0n) is 12.2. The highest BCUT2D eigenvalue weighted by Gasteiger charge is 2.07. The Morgan fingerprint density at radius 3 is 2.71 bits per heavy atom. The highest BCUT2D eigenvalue weighted by atomic mass is 79.9. The lowest BCUT2D eigenvalue weighted by Gasteiger charge is -2.12. The molecule has 0 amide bonds. The molecule has 1 aromatic heterocycles. The fourth-order valence-corrected chi connectivity index (χ4v) is 2.11. The van der Waals surface area contributed by atoms with Crippen molar-refractivity contribution in [2.24, 2.45) is 5.92 Å². The van der Waals surface area contributed by atoms with Gasteiger partial charge < -0.3 is 15.2 Å².